The third-order valence-electron chi connectivity index (χ3n) is 3.50. The highest BCUT2D eigenvalue weighted by molar-refractivity contribution is 5.49. The average molecular weight is 269 g/mol. The van der Waals surface area contributed by atoms with Crippen LogP contribution in [-0.2, 0) is 0 Å². The number of rotatable bonds is 4. The van der Waals surface area contributed by atoms with Gasteiger partial charge in [0, 0.05) is 13.0 Å². The van der Waals surface area contributed by atoms with Crippen LogP contribution < -0.4 is 10.1 Å². The first kappa shape index (κ1) is 12.9. The van der Waals surface area contributed by atoms with Crippen LogP contribution in [0.15, 0.2) is 24.3 Å². The van der Waals surface area contributed by atoms with Gasteiger partial charge in [0.1, 0.15) is 17.4 Å². The van der Waals surface area contributed by atoms with Gasteiger partial charge in [0.2, 0.25) is 5.88 Å². The Labute approximate surface area is 119 Å². The van der Waals surface area contributed by atoms with Crippen LogP contribution in [0.3, 0.4) is 0 Å². The second kappa shape index (κ2) is 5.12. The quantitative estimate of drug-likeness (QED) is 0.917. The highest BCUT2D eigenvalue weighted by Crippen LogP contribution is 2.40. The molecule has 1 aromatic heterocycles. The molecule has 1 aliphatic rings. The largest absolute Gasteiger partial charge is 0.439 e. The monoisotopic (exact) mass is 269 g/mol. The van der Waals surface area contributed by atoms with Gasteiger partial charge in [-0.1, -0.05) is 12.1 Å². The minimum absolute atomic E-state index is 0.502. The fourth-order valence-electron chi connectivity index (χ4n) is 2.17. The molecule has 4 nitrogen and oxygen atoms in total. The van der Waals surface area contributed by atoms with E-state index in [9.17, 15) is 0 Å². The van der Waals surface area contributed by atoms with Gasteiger partial charge in [0.25, 0.3) is 0 Å². The first-order valence-corrected chi connectivity index (χ1v) is 6.98. The Morgan fingerprint density at radius 3 is 2.65 bits per heavy atom. The average Bonchev–Trinajstić information content (AvgIpc) is 3.25. The number of nitrogens with zero attached hydrogens (tertiary/aromatic N) is 2. The molecule has 0 saturated heterocycles. The van der Waals surface area contributed by atoms with Crippen molar-refractivity contribution < 1.29 is 4.74 Å². The van der Waals surface area contributed by atoms with Gasteiger partial charge in [-0.05, 0) is 44.4 Å². The van der Waals surface area contributed by atoms with E-state index in [0.29, 0.717) is 11.8 Å². The van der Waals surface area contributed by atoms with Crippen LogP contribution in [0.4, 0.5) is 5.82 Å². The molecule has 0 atom stereocenters. The van der Waals surface area contributed by atoms with Crippen LogP contribution in [0.25, 0.3) is 0 Å². The van der Waals surface area contributed by atoms with Crippen molar-refractivity contribution in [3.63, 3.8) is 0 Å². The fraction of sp³-hybridized carbons (Fsp3) is 0.375. The van der Waals surface area contributed by atoms with Crippen molar-refractivity contribution in [3.05, 3.63) is 41.2 Å². The molecule has 0 amide bonds. The molecule has 0 bridgehead atoms. The summed E-state index contributed by atoms with van der Waals surface area (Å²) in [6, 6.07) is 8.00. The zero-order valence-electron chi connectivity index (χ0n) is 12.1. The number of nitrogens with one attached hydrogen (secondary N) is 1. The fourth-order valence-corrected chi connectivity index (χ4v) is 2.17. The number of anilines is 1. The Balaban J connectivity index is 1.97. The molecule has 1 saturated carbocycles. The highest BCUT2D eigenvalue weighted by Gasteiger charge is 2.28. The molecule has 20 heavy (non-hydrogen) atoms. The van der Waals surface area contributed by atoms with Crippen LogP contribution in [0, 0.1) is 13.8 Å². The molecule has 0 aliphatic heterocycles. The molecule has 1 aromatic carbocycles. The van der Waals surface area contributed by atoms with Gasteiger partial charge in [-0.15, -0.1) is 0 Å². The Hall–Kier alpha value is -2.10. The summed E-state index contributed by atoms with van der Waals surface area (Å²) in [4.78, 5) is 9.16. The van der Waals surface area contributed by atoms with Crippen LogP contribution in [0.5, 0.6) is 11.6 Å². The van der Waals surface area contributed by atoms with Gasteiger partial charge >= 0.3 is 0 Å². The normalized spacial score (nSPS) is 14.2. The molecule has 2 aromatic rings. The lowest BCUT2D eigenvalue weighted by Crippen LogP contribution is -2.04. The summed E-state index contributed by atoms with van der Waals surface area (Å²) in [5, 5.41) is 3.12. The lowest BCUT2D eigenvalue weighted by atomic mass is 10.2. The zero-order valence-corrected chi connectivity index (χ0v) is 12.1. The second-order valence-corrected chi connectivity index (χ2v) is 5.30. The molecule has 0 unspecified atom stereocenters. The summed E-state index contributed by atoms with van der Waals surface area (Å²) < 4.78 is 5.96. The Morgan fingerprint density at radius 2 is 2.00 bits per heavy atom. The van der Waals surface area contributed by atoms with Crippen molar-refractivity contribution in [1.82, 2.24) is 9.97 Å². The lowest BCUT2D eigenvalue weighted by molar-refractivity contribution is 0.454. The van der Waals surface area contributed by atoms with E-state index >= 15 is 0 Å². The maximum absolute atomic E-state index is 5.96. The summed E-state index contributed by atoms with van der Waals surface area (Å²) >= 11 is 0. The van der Waals surface area contributed by atoms with Crippen molar-refractivity contribution in [2.75, 3.05) is 12.4 Å². The summed E-state index contributed by atoms with van der Waals surface area (Å²) in [5.41, 5.74) is 2.11. The third-order valence-corrected chi connectivity index (χ3v) is 3.50. The van der Waals surface area contributed by atoms with Crippen molar-refractivity contribution in [3.8, 4) is 11.6 Å². The Bertz CT molecular complexity index is 636. The molecule has 3 rings (SSSR count). The maximum Gasteiger partial charge on any atom is 0.227 e. The molecular formula is C16H19N3O. The van der Waals surface area contributed by atoms with Crippen LogP contribution in [-0.4, -0.2) is 17.0 Å². The van der Waals surface area contributed by atoms with E-state index in [1.54, 1.807) is 0 Å². The summed E-state index contributed by atoms with van der Waals surface area (Å²) in [6.07, 6.45) is 2.35. The van der Waals surface area contributed by atoms with Gasteiger partial charge in [-0.25, -0.2) is 4.98 Å². The molecule has 1 fully saturated rings. The number of hydrogen-bond acceptors (Lipinski definition) is 4. The minimum Gasteiger partial charge on any atom is -0.439 e. The molecular weight excluding hydrogens is 250 g/mol. The van der Waals surface area contributed by atoms with E-state index in [0.717, 1.165) is 23.0 Å². The number of hydrogen-bond donors (Lipinski definition) is 1. The predicted octanol–water partition coefficient (Wildman–Crippen LogP) is 3.80. The van der Waals surface area contributed by atoms with E-state index in [4.69, 9.17) is 4.74 Å². The molecule has 1 N–H and O–H groups in total. The summed E-state index contributed by atoms with van der Waals surface area (Å²) in [6.45, 7) is 4.03. The smallest absolute Gasteiger partial charge is 0.227 e. The maximum atomic E-state index is 5.96. The second-order valence-electron chi connectivity index (χ2n) is 5.30. The molecule has 0 spiro atoms. The van der Waals surface area contributed by atoms with Gasteiger partial charge in [-0.3, -0.25) is 0 Å². The highest BCUT2D eigenvalue weighted by atomic mass is 16.5. The molecule has 1 heterocycles. The van der Waals surface area contributed by atoms with E-state index in [2.05, 4.69) is 15.3 Å². The first-order chi connectivity index (χ1) is 9.67. The predicted molar refractivity (Wildman–Crippen MR) is 79.5 cm³/mol. The molecule has 1 aliphatic carbocycles. The van der Waals surface area contributed by atoms with Crippen molar-refractivity contribution in [1.29, 1.82) is 0 Å². The zero-order chi connectivity index (χ0) is 14.1. The van der Waals surface area contributed by atoms with Crippen LogP contribution in [0.2, 0.25) is 0 Å². The van der Waals surface area contributed by atoms with E-state index in [-0.39, 0.29) is 0 Å². The van der Waals surface area contributed by atoms with E-state index in [1.165, 1.54) is 18.4 Å². The minimum atomic E-state index is 0.502. The number of ether oxygens (including phenoxy) is 1. The van der Waals surface area contributed by atoms with Gasteiger partial charge < -0.3 is 10.1 Å². The van der Waals surface area contributed by atoms with Gasteiger partial charge in [-0.2, -0.15) is 4.98 Å². The molecule has 104 valence electrons. The number of aryl methyl sites for hydroxylation is 1. The lowest BCUT2D eigenvalue weighted by Gasteiger charge is -2.13. The SMILES string of the molecule is CNc1nc(C2CC2)nc(Oc2cccc(C)c2)c1C. The summed E-state index contributed by atoms with van der Waals surface area (Å²) in [7, 11) is 1.88. The van der Waals surface area contributed by atoms with E-state index in [1.807, 2.05) is 45.2 Å². The Morgan fingerprint density at radius 1 is 1.20 bits per heavy atom. The topological polar surface area (TPSA) is 47.0 Å². The van der Waals surface area contributed by atoms with Crippen LogP contribution >= 0.6 is 0 Å². The van der Waals surface area contributed by atoms with Crippen molar-refractivity contribution >= 4 is 5.82 Å². The number of benzene rings is 1. The van der Waals surface area contributed by atoms with Crippen LogP contribution in [0.1, 0.15) is 35.7 Å². The number of aromatic nitrogens is 2. The van der Waals surface area contributed by atoms with E-state index < -0.39 is 0 Å². The van der Waals surface area contributed by atoms with Gasteiger partial charge in [0.15, 0.2) is 0 Å². The standard InChI is InChI=1S/C16H19N3O/c1-10-5-4-6-13(9-10)20-16-11(2)14(17-3)18-15(19-16)12-7-8-12/h4-6,9,12H,7-8H2,1-3H3,(H,17,18,19). The first-order valence-electron chi connectivity index (χ1n) is 6.98. The van der Waals surface area contributed by atoms with Crippen molar-refractivity contribution in [2.45, 2.75) is 32.6 Å². The van der Waals surface area contributed by atoms with Gasteiger partial charge in [0.05, 0.1) is 5.56 Å². The molecule has 0 radical (unpaired) electrons. The van der Waals surface area contributed by atoms with Crippen molar-refractivity contribution in [2.24, 2.45) is 0 Å². The summed E-state index contributed by atoms with van der Waals surface area (Å²) in [5.74, 6) is 3.71. The Kier molecular flexibility index (Phi) is 3.30. The third kappa shape index (κ3) is 2.59. The molecule has 4 heteroatoms.